The van der Waals surface area contributed by atoms with Crippen molar-refractivity contribution >= 4 is 23.0 Å². The van der Waals surface area contributed by atoms with Crippen molar-refractivity contribution in [3.05, 3.63) is 23.9 Å². The van der Waals surface area contributed by atoms with Gasteiger partial charge in [-0.2, -0.15) is 0 Å². The lowest BCUT2D eigenvalue weighted by molar-refractivity contribution is 0.493. The average molecular weight is 237 g/mol. The molecule has 0 aliphatic carbocycles. The molecule has 0 saturated carbocycles. The fourth-order valence-corrected chi connectivity index (χ4v) is 1.60. The van der Waals surface area contributed by atoms with E-state index in [9.17, 15) is 0 Å². The maximum Gasteiger partial charge on any atom is 0.136 e. The van der Waals surface area contributed by atoms with Gasteiger partial charge in [-0.25, -0.2) is 4.98 Å². The van der Waals surface area contributed by atoms with E-state index in [-0.39, 0.29) is 0 Å². The molecule has 88 valence electrons. The fraction of sp³-hybridized carbons (Fsp3) is 0.500. The zero-order chi connectivity index (χ0) is 12.1. The van der Waals surface area contributed by atoms with E-state index in [0.717, 1.165) is 17.8 Å². The molecule has 0 spiro atoms. The summed E-state index contributed by atoms with van der Waals surface area (Å²) in [6.07, 6.45) is 2.87. The minimum atomic E-state index is 0.355. The van der Waals surface area contributed by atoms with Crippen LogP contribution in [-0.4, -0.2) is 16.0 Å². The second-order valence-electron chi connectivity index (χ2n) is 4.08. The van der Waals surface area contributed by atoms with Crippen LogP contribution < -0.4 is 11.1 Å². The highest BCUT2D eigenvalue weighted by molar-refractivity contribution is 7.80. The molecule has 1 aromatic heterocycles. The maximum absolute atomic E-state index is 5.65. The second-order valence-corrected chi connectivity index (χ2v) is 4.52. The molecule has 0 amide bonds. The molecule has 1 aromatic rings. The predicted octanol–water partition coefficient (Wildman–Crippen LogP) is 2.56. The molecule has 16 heavy (non-hydrogen) atoms. The maximum atomic E-state index is 5.65. The third kappa shape index (κ3) is 3.17. The van der Waals surface area contributed by atoms with Gasteiger partial charge in [-0.3, -0.25) is 0 Å². The molecule has 0 aliphatic rings. The Balaban J connectivity index is 2.84. The van der Waals surface area contributed by atoms with Gasteiger partial charge in [-0.15, -0.1) is 0 Å². The summed E-state index contributed by atoms with van der Waals surface area (Å²) in [5, 5.41) is 3.36. The largest absolute Gasteiger partial charge is 0.389 e. The van der Waals surface area contributed by atoms with Crippen molar-refractivity contribution in [2.75, 3.05) is 5.32 Å². The molecule has 2 atom stereocenters. The summed E-state index contributed by atoms with van der Waals surface area (Å²) in [5.74, 6) is 1.36. The van der Waals surface area contributed by atoms with E-state index in [4.69, 9.17) is 18.0 Å². The van der Waals surface area contributed by atoms with E-state index < -0.39 is 0 Å². The van der Waals surface area contributed by atoms with Crippen molar-refractivity contribution in [3.63, 3.8) is 0 Å². The Morgan fingerprint density at radius 3 is 2.81 bits per heavy atom. The lowest BCUT2D eigenvalue weighted by Gasteiger charge is -2.21. The highest BCUT2D eigenvalue weighted by atomic mass is 32.1. The molecule has 0 aliphatic heterocycles. The Bertz CT molecular complexity index is 365. The molecule has 2 unspecified atom stereocenters. The fourth-order valence-electron chi connectivity index (χ4n) is 1.43. The molecule has 0 radical (unpaired) electrons. The summed E-state index contributed by atoms with van der Waals surface area (Å²) < 4.78 is 0. The molecular weight excluding hydrogens is 218 g/mol. The number of anilines is 1. The summed E-state index contributed by atoms with van der Waals surface area (Å²) in [6.45, 7) is 6.53. The summed E-state index contributed by atoms with van der Waals surface area (Å²) in [7, 11) is 0. The summed E-state index contributed by atoms with van der Waals surface area (Å²) in [5.41, 5.74) is 6.46. The lowest BCUT2D eigenvalue weighted by atomic mass is 10.0. The first-order valence-corrected chi connectivity index (χ1v) is 5.98. The van der Waals surface area contributed by atoms with E-state index in [1.807, 2.05) is 12.1 Å². The van der Waals surface area contributed by atoms with E-state index in [0.29, 0.717) is 16.9 Å². The van der Waals surface area contributed by atoms with Gasteiger partial charge in [-0.05, 0) is 25.0 Å². The lowest BCUT2D eigenvalue weighted by Crippen LogP contribution is -2.25. The number of nitrogens with one attached hydrogen (secondary N) is 1. The van der Waals surface area contributed by atoms with Crippen LogP contribution in [-0.2, 0) is 0 Å². The molecule has 0 bridgehead atoms. The topological polar surface area (TPSA) is 50.9 Å². The van der Waals surface area contributed by atoms with E-state index in [2.05, 4.69) is 31.1 Å². The third-order valence-electron chi connectivity index (χ3n) is 2.94. The van der Waals surface area contributed by atoms with Gasteiger partial charge in [0.15, 0.2) is 0 Å². The van der Waals surface area contributed by atoms with Crippen LogP contribution in [0, 0.1) is 5.92 Å². The van der Waals surface area contributed by atoms with Gasteiger partial charge in [-0.1, -0.05) is 32.5 Å². The smallest absolute Gasteiger partial charge is 0.136 e. The van der Waals surface area contributed by atoms with Crippen molar-refractivity contribution < 1.29 is 0 Å². The second kappa shape index (κ2) is 5.80. The van der Waals surface area contributed by atoms with Crippen LogP contribution in [0.5, 0.6) is 0 Å². The summed E-state index contributed by atoms with van der Waals surface area (Å²) in [4.78, 5) is 4.66. The SMILES string of the molecule is CCC(C)C(C)Nc1ncccc1C(N)=S. The Kier molecular flexibility index (Phi) is 4.68. The van der Waals surface area contributed by atoms with Gasteiger partial charge >= 0.3 is 0 Å². The Hall–Kier alpha value is -1.16. The van der Waals surface area contributed by atoms with Crippen LogP contribution in [0.2, 0.25) is 0 Å². The number of pyridine rings is 1. The third-order valence-corrected chi connectivity index (χ3v) is 3.15. The standard InChI is InChI=1S/C12H19N3S/c1-4-8(2)9(3)15-12-10(11(13)16)6-5-7-14-12/h5-9H,4H2,1-3H3,(H2,13,16)(H,14,15). The van der Waals surface area contributed by atoms with Gasteiger partial charge in [0.2, 0.25) is 0 Å². The molecule has 0 fully saturated rings. The number of hydrogen-bond donors (Lipinski definition) is 2. The number of nitrogens with two attached hydrogens (primary N) is 1. The van der Waals surface area contributed by atoms with Crippen LogP contribution in [0.4, 0.5) is 5.82 Å². The van der Waals surface area contributed by atoms with Crippen LogP contribution in [0.25, 0.3) is 0 Å². The van der Waals surface area contributed by atoms with E-state index >= 15 is 0 Å². The first kappa shape index (κ1) is 12.9. The van der Waals surface area contributed by atoms with Crippen LogP contribution in [0.1, 0.15) is 32.8 Å². The molecule has 3 nitrogen and oxygen atoms in total. The van der Waals surface area contributed by atoms with Gasteiger partial charge in [0.25, 0.3) is 0 Å². The van der Waals surface area contributed by atoms with Crippen molar-refractivity contribution in [2.24, 2.45) is 11.7 Å². The molecule has 4 heteroatoms. The normalized spacial score (nSPS) is 14.2. The first-order chi connectivity index (χ1) is 7.56. The number of nitrogens with zero attached hydrogens (tertiary/aromatic N) is 1. The van der Waals surface area contributed by atoms with Crippen LogP contribution in [0.3, 0.4) is 0 Å². The Labute approximate surface area is 102 Å². The molecule has 0 aromatic carbocycles. The minimum Gasteiger partial charge on any atom is -0.389 e. The van der Waals surface area contributed by atoms with Gasteiger partial charge in [0, 0.05) is 12.2 Å². The minimum absolute atomic E-state index is 0.355. The van der Waals surface area contributed by atoms with Crippen molar-refractivity contribution in [1.29, 1.82) is 0 Å². The average Bonchev–Trinajstić information content (AvgIpc) is 2.28. The predicted molar refractivity (Wildman–Crippen MR) is 72.7 cm³/mol. The van der Waals surface area contributed by atoms with Crippen LogP contribution >= 0.6 is 12.2 Å². The van der Waals surface area contributed by atoms with Crippen molar-refractivity contribution in [3.8, 4) is 0 Å². The van der Waals surface area contributed by atoms with Crippen molar-refractivity contribution in [1.82, 2.24) is 4.98 Å². The number of rotatable bonds is 5. The first-order valence-electron chi connectivity index (χ1n) is 5.57. The Morgan fingerprint density at radius 1 is 1.56 bits per heavy atom. The summed E-state index contributed by atoms with van der Waals surface area (Å²) >= 11 is 4.99. The molecule has 3 N–H and O–H groups in total. The molecule has 1 rings (SSSR count). The van der Waals surface area contributed by atoms with E-state index in [1.54, 1.807) is 6.20 Å². The number of thiocarbonyl (C=S) groups is 1. The quantitative estimate of drug-likeness (QED) is 0.773. The number of aromatic nitrogens is 1. The van der Waals surface area contributed by atoms with Crippen molar-refractivity contribution in [2.45, 2.75) is 33.2 Å². The monoisotopic (exact) mass is 237 g/mol. The van der Waals surface area contributed by atoms with Crippen LogP contribution in [0.15, 0.2) is 18.3 Å². The van der Waals surface area contributed by atoms with E-state index in [1.165, 1.54) is 0 Å². The molecule has 0 saturated heterocycles. The highest BCUT2D eigenvalue weighted by Gasteiger charge is 2.13. The molecular formula is C12H19N3S. The summed E-state index contributed by atoms with van der Waals surface area (Å²) in [6, 6.07) is 4.09. The molecule has 1 heterocycles. The van der Waals surface area contributed by atoms with Gasteiger partial charge < -0.3 is 11.1 Å². The Morgan fingerprint density at radius 2 is 2.25 bits per heavy atom. The van der Waals surface area contributed by atoms with Gasteiger partial charge in [0.1, 0.15) is 10.8 Å². The zero-order valence-corrected chi connectivity index (χ0v) is 10.8. The zero-order valence-electron chi connectivity index (χ0n) is 10.0. The number of hydrogen-bond acceptors (Lipinski definition) is 3. The van der Waals surface area contributed by atoms with Gasteiger partial charge in [0.05, 0.1) is 5.56 Å². The highest BCUT2D eigenvalue weighted by Crippen LogP contribution is 2.16.